The van der Waals surface area contributed by atoms with Crippen LogP contribution < -0.4 is 5.73 Å². The van der Waals surface area contributed by atoms with E-state index in [9.17, 15) is 49.1 Å². The molecule has 0 bridgehead atoms. The van der Waals surface area contributed by atoms with Gasteiger partial charge >= 0.3 is 18.5 Å². The fourth-order valence-corrected chi connectivity index (χ4v) is 4.06. The third kappa shape index (κ3) is 6.32. The van der Waals surface area contributed by atoms with E-state index in [1.54, 1.807) is 0 Å². The molecule has 0 aliphatic carbocycles. The highest BCUT2D eigenvalue weighted by Gasteiger charge is 2.45. The van der Waals surface area contributed by atoms with Gasteiger partial charge in [0.05, 0.1) is 18.2 Å². The monoisotopic (exact) mass is 521 g/mol. The molecule has 0 saturated carbocycles. The predicted molar refractivity (Wildman–Crippen MR) is 99.1 cm³/mol. The molecule has 7 nitrogen and oxygen atoms in total. The molecule has 1 aromatic rings. The van der Waals surface area contributed by atoms with Crippen molar-refractivity contribution in [3.63, 3.8) is 0 Å². The van der Waals surface area contributed by atoms with Crippen molar-refractivity contribution in [3.8, 4) is 0 Å². The average Bonchev–Trinajstić information content (AvgIpc) is 2.71. The lowest BCUT2D eigenvalue weighted by Crippen LogP contribution is -2.50. The van der Waals surface area contributed by atoms with Crippen molar-refractivity contribution in [2.45, 2.75) is 56.8 Å². The van der Waals surface area contributed by atoms with Gasteiger partial charge in [-0.2, -0.15) is 39.5 Å². The molecule has 1 fully saturated rings. The van der Waals surface area contributed by atoms with E-state index in [4.69, 9.17) is 5.73 Å². The summed E-state index contributed by atoms with van der Waals surface area (Å²) in [7, 11) is 0. The third-order valence-electron chi connectivity index (χ3n) is 5.79. The Morgan fingerprint density at radius 3 is 2.26 bits per heavy atom. The van der Waals surface area contributed by atoms with E-state index < -0.39 is 91.0 Å². The van der Waals surface area contributed by atoms with E-state index in [2.05, 4.69) is 9.97 Å². The molecule has 2 amide bonds. The molecule has 1 aromatic heterocycles. The summed E-state index contributed by atoms with van der Waals surface area (Å²) in [6, 6.07) is -1.10. The summed E-state index contributed by atoms with van der Waals surface area (Å²) in [5, 5.41) is 0. The van der Waals surface area contributed by atoms with Gasteiger partial charge in [0, 0.05) is 44.1 Å². The van der Waals surface area contributed by atoms with Crippen LogP contribution >= 0.6 is 0 Å². The molecule has 0 spiro atoms. The van der Waals surface area contributed by atoms with Crippen LogP contribution in [0, 0.1) is 5.92 Å². The number of nitrogens with two attached hydrogens (primary N) is 1. The molecule has 3 heterocycles. The second kappa shape index (κ2) is 9.43. The molecule has 16 heteroatoms. The van der Waals surface area contributed by atoms with E-state index in [-0.39, 0.29) is 25.9 Å². The Kier molecular flexibility index (Phi) is 7.26. The number of amides is 2. The summed E-state index contributed by atoms with van der Waals surface area (Å²) < 4.78 is 118. The van der Waals surface area contributed by atoms with Crippen molar-refractivity contribution >= 4 is 11.8 Å². The van der Waals surface area contributed by atoms with Crippen LogP contribution in [0.25, 0.3) is 0 Å². The zero-order chi connectivity index (χ0) is 26.3. The van der Waals surface area contributed by atoms with Gasteiger partial charge in [-0.05, 0) is 12.8 Å². The molecular formula is C19H20F9N5O2. The Balaban J connectivity index is 1.70. The SMILES string of the molecule is N[C@H](CC(=O)N1CCc2c(nc(C(F)(F)F)nc2C(F)(F)F)C1)CN1CC(C(F)(F)F)CCC1=O. The second-order valence-electron chi connectivity index (χ2n) is 8.42. The highest BCUT2D eigenvalue weighted by molar-refractivity contribution is 5.78. The van der Waals surface area contributed by atoms with Crippen LogP contribution in [0.4, 0.5) is 39.5 Å². The zero-order valence-electron chi connectivity index (χ0n) is 17.9. The summed E-state index contributed by atoms with van der Waals surface area (Å²) in [4.78, 5) is 32.3. The van der Waals surface area contributed by atoms with Gasteiger partial charge in [-0.3, -0.25) is 9.59 Å². The number of carbonyl (C=O) groups excluding carboxylic acids is 2. The molecule has 196 valence electrons. The Hall–Kier alpha value is -2.65. The molecule has 1 saturated heterocycles. The fourth-order valence-electron chi connectivity index (χ4n) is 4.06. The highest BCUT2D eigenvalue weighted by atomic mass is 19.4. The number of aromatic nitrogens is 2. The number of fused-ring (bicyclic) bond motifs is 1. The first kappa shape index (κ1) is 26.9. The minimum Gasteiger partial charge on any atom is -0.341 e. The number of alkyl halides is 9. The topological polar surface area (TPSA) is 92.4 Å². The Morgan fingerprint density at radius 2 is 1.69 bits per heavy atom. The number of rotatable bonds is 4. The maximum atomic E-state index is 13.3. The normalized spacial score (nSPS) is 20.6. The second-order valence-corrected chi connectivity index (χ2v) is 8.42. The van der Waals surface area contributed by atoms with Crippen LogP contribution in [0.15, 0.2) is 0 Å². The molecule has 3 rings (SSSR count). The minimum absolute atomic E-state index is 0.283. The minimum atomic E-state index is -5.25. The largest absolute Gasteiger partial charge is 0.451 e. The smallest absolute Gasteiger partial charge is 0.341 e. The van der Waals surface area contributed by atoms with Crippen molar-refractivity contribution < 1.29 is 49.1 Å². The van der Waals surface area contributed by atoms with E-state index >= 15 is 0 Å². The third-order valence-corrected chi connectivity index (χ3v) is 5.79. The van der Waals surface area contributed by atoms with Crippen molar-refractivity contribution in [3.05, 3.63) is 22.8 Å². The van der Waals surface area contributed by atoms with Crippen LogP contribution in [0.1, 0.15) is 42.0 Å². The summed E-state index contributed by atoms with van der Waals surface area (Å²) in [5.74, 6) is -5.03. The first-order valence-corrected chi connectivity index (χ1v) is 10.4. The molecule has 2 atom stereocenters. The summed E-state index contributed by atoms with van der Waals surface area (Å²) >= 11 is 0. The quantitative estimate of drug-likeness (QED) is 0.616. The highest BCUT2D eigenvalue weighted by Crippen LogP contribution is 2.37. The van der Waals surface area contributed by atoms with Crippen LogP contribution in [0.5, 0.6) is 0 Å². The summed E-state index contributed by atoms with van der Waals surface area (Å²) in [6.07, 6.45) is -16.6. The Labute approximate surface area is 192 Å². The van der Waals surface area contributed by atoms with E-state index in [1.807, 2.05) is 0 Å². The number of likely N-dealkylation sites (tertiary alicyclic amines) is 1. The zero-order valence-corrected chi connectivity index (χ0v) is 17.9. The number of halogens is 9. The van der Waals surface area contributed by atoms with Crippen molar-refractivity contribution in [2.24, 2.45) is 11.7 Å². The standard InChI is InChI=1S/C19H20F9N5O2/c20-17(21,22)9-1-2-13(34)33(6-9)7-10(29)5-14(35)32-4-3-11-12(8-32)30-16(19(26,27)28)31-15(11)18(23,24)25/h9-10H,1-8,29H2/t9?,10-/m1/s1. The summed E-state index contributed by atoms with van der Waals surface area (Å²) in [5.41, 5.74) is 2.97. The van der Waals surface area contributed by atoms with Gasteiger partial charge in [-0.25, -0.2) is 9.97 Å². The van der Waals surface area contributed by atoms with Gasteiger partial charge < -0.3 is 15.5 Å². The number of hydrogen-bond donors (Lipinski definition) is 1. The maximum absolute atomic E-state index is 13.3. The number of piperidine rings is 1. The van der Waals surface area contributed by atoms with Gasteiger partial charge in [-0.15, -0.1) is 0 Å². The van der Waals surface area contributed by atoms with Crippen LogP contribution in [0.2, 0.25) is 0 Å². The maximum Gasteiger partial charge on any atom is 0.451 e. The van der Waals surface area contributed by atoms with Gasteiger partial charge in [0.25, 0.3) is 0 Å². The lowest BCUT2D eigenvalue weighted by atomic mass is 9.96. The van der Waals surface area contributed by atoms with Gasteiger partial charge in [0.1, 0.15) is 0 Å². The Bertz CT molecular complexity index is 977. The van der Waals surface area contributed by atoms with E-state index in [0.29, 0.717) is 0 Å². The molecule has 0 aromatic carbocycles. The molecular weight excluding hydrogens is 501 g/mol. The van der Waals surface area contributed by atoms with Crippen molar-refractivity contribution in [1.29, 1.82) is 0 Å². The number of carbonyl (C=O) groups is 2. The molecule has 1 unspecified atom stereocenters. The van der Waals surface area contributed by atoms with E-state index in [1.165, 1.54) is 0 Å². The first-order valence-electron chi connectivity index (χ1n) is 10.4. The average molecular weight is 521 g/mol. The van der Waals surface area contributed by atoms with Gasteiger partial charge in [-0.1, -0.05) is 0 Å². The van der Waals surface area contributed by atoms with Crippen LogP contribution in [-0.4, -0.2) is 63.4 Å². The van der Waals surface area contributed by atoms with E-state index in [0.717, 1.165) is 9.80 Å². The fraction of sp³-hybridized carbons (Fsp3) is 0.684. The molecule has 0 radical (unpaired) electrons. The van der Waals surface area contributed by atoms with Crippen molar-refractivity contribution in [1.82, 2.24) is 19.8 Å². The number of hydrogen-bond acceptors (Lipinski definition) is 5. The lowest BCUT2D eigenvalue weighted by molar-refractivity contribution is -0.189. The van der Waals surface area contributed by atoms with Crippen LogP contribution in [0.3, 0.4) is 0 Å². The summed E-state index contributed by atoms with van der Waals surface area (Å²) in [6.45, 7) is -1.91. The molecule has 2 aliphatic heterocycles. The van der Waals surface area contributed by atoms with Crippen molar-refractivity contribution in [2.75, 3.05) is 19.6 Å². The first-order chi connectivity index (χ1) is 16.0. The van der Waals surface area contributed by atoms with Gasteiger partial charge in [0.15, 0.2) is 5.69 Å². The van der Waals surface area contributed by atoms with Crippen LogP contribution in [-0.2, 0) is 34.9 Å². The van der Waals surface area contributed by atoms with Gasteiger partial charge in [0.2, 0.25) is 17.6 Å². The number of nitrogens with zero attached hydrogens (tertiary/aromatic N) is 4. The molecule has 2 aliphatic rings. The lowest BCUT2D eigenvalue weighted by Gasteiger charge is -2.35. The predicted octanol–water partition coefficient (Wildman–Crippen LogP) is 2.92. The Morgan fingerprint density at radius 1 is 1.03 bits per heavy atom. The molecule has 2 N–H and O–H groups in total. The molecule has 35 heavy (non-hydrogen) atoms.